The number of nitrogens with one attached hydrogen (secondary N) is 2. The van der Waals surface area contributed by atoms with Crippen molar-refractivity contribution >= 4 is 28.4 Å². The number of hydrogen-bond acceptors (Lipinski definition) is 5. The zero-order valence-corrected chi connectivity index (χ0v) is 14.6. The van der Waals surface area contributed by atoms with Gasteiger partial charge in [0.05, 0.1) is 16.0 Å². The molecular weight excluding hydrogens is 348 g/mol. The fraction of sp³-hybridized carbons (Fsp3) is 0.105. The lowest BCUT2D eigenvalue weighted by Crippen LogP contribution is -2.41. The van der Waals surface area contributed by atoms with Crippen LogP contribution >= 0.6 is 0 Å². The predicted octanol–water partition coefficient (Wildman–Crippen LogP) is 2.83. The van der Waals surface area contributed by atoms with Crippen LogP contribution < -0.4 is 10.9 Å². The number of aromatic nitrogens is 1. The number of carbonyl (C=O) groups excluding carboxylic acids is 2. The number of carbonyl (C=O) groups is 2. The van der Waals surface area contributed by atoms with Crippen molar-refractivity contribution in [3.05, 3.63) is 81.0 Å². The second kappa shape index (κ2) is 7.20. The molecule has 1 heterocycles. The molecule has 2 N–H and O–H groups in total. The number of benzene rings is 2. The molecule has 8 nitrogen and oxygen atoms in total. The van der Waals surface area contributed by atoms with E-state index >= 15 is 0 Å². The van der Waals surface area contributed by atoms with Crippen molar-refractivity contribution in [3.8, 4) is 0 Å². The van der Waals surface area contributed by atoms with Crippen LogP contribution in [0.4, 0.5) is 5.69 Å². The second-order valence-corrected chi connectivity index (χ2v) is 6.04. The molecule has 2 aromatic carbocycles. The first-order valence-corrected chi connectivity index (χ1v) is 8.08. The van der Waals surface area contributed by atoms with E-state index in [4.69, 9.17) is 0 Å². The Morgan fingerprint density at radius 2 is 1.63 bits per heavy atom. The lowest BCUT2D eigenvalue weighted by atomic mass is 10.0. The highest BCUT2D eigenvalue weighted by atomic mass is 16.6. The number of non-ortho nitro benzene ring substituents is 1. The van der Waals surface area contributed by atoms with Crippen molar-refractivity contribution in [1.29, 1.82) is 0 Å². The van der Waals surface area contributed by atoms with Gasteiger partial charge in [0.15, 0.2) is 0 Å². The van der Waals surface area contributed by atoms with Crippen LogP contribution in [0.15, 0.2) is 48.5 Å². The summed E-state index contributed by atoms with van der Waals surface area (Å²) in [6, 6.07) is 12.3. The summed E-state index contributed by atoms with van der Waals surface area (Å²) in [5.74, 6) is -1.06. The van der Waals surface area contributed by atoms with Crippen LogP contribution in [0.2, 0.25) is 0 Å². The number of amides is 2. The number of hydrazine groups is 1. The Kier molecular flexibility index (Phi) is 4.80. The van der Waals surface area contributed by atoms with E-state index in [0.29, 0.717) is 22.2 Å². The standard InChI is InChI=1S/C19H16N4O4/c1-11-3-8-17-15(9-11)16(10-12(2)20-17)19(25)22-21-18(24)13-4-6-14(7-5-13)23(26)27/h3-10H,1-2H3,(H,21,24)(H,22,25). The molecule has 0 aliphatic rings. The molecule has 0 saturated heterocycles. The minimum Gasteiger partial charge on any atom is -0.267 e. The summed E-state index contributed by atoms with van der Waals surface area (Å²) in [6.45, 7) is 3.70. The third-order valence-electron chi connectivity index (χ3n) is 3.97. The minimum absolute atomic E-state index is 0.121. The Morgan fingerprint density at radius 1 is 0.963 bits per heavy atom. The van der Waals surface area contributed by atoms with Crippen LogP contribution in [0.3, 0.4) is 0 Å². The summed E-state index contributed by atoms with van der Waals surface area (Å²) in [5.41, 5.74) is 7.50. The van der Waals surface area contributed by atoms with Gasteiger partial charge in [0, 0.05) is 28.8 Å². The quantitative estimate of drug-likeness (QED) is 0.548. The molecule has 136 valence electrons. The van der Waals surface area contributed by atoms with E-state index in [2.05, 4.69) is 15.8 Å². The molecule has 0 spiro atoms. The van der Waals surface area contributed by atoms with Crippen molar-refractivity contribution in [1.82, 2.24) is 15.8 Å². The Labute approximate surface area is 154 Å². The average molecular weight is 364 g/mol. The molecule has 0 unspecified atom stereocenters. The van der Waals surface area contributed by atoms with Gasteiger partial charge in [0.25, 0.3) is 17.5 Å². The number of rotatable bonds is 3. The number of pyridine rings is 1. The van der Waals surface area contributed by atoms with Crippen molar-refractivity contribution in [2.24, 2.45) is 0 Å². The fourth-order valence-corrected chi connectivity index (χ4v) is 2.65. The Hall–Kier alpha value is -3.81. The molecule has 0 atom stereocenters. The van der Waals surface area contributed by atoms with Crippen molar-refractivity contribution in [3.63, 3.8) is 0 Å². The van der Waals surface area contributed by atoms with Gasteiger partial charge in [-0.3, -0.25) is 35.5 Å². The molecular formula is C19H16N4O4. The monoisotopic (exact) mass is 364 g/mol. The molecule has 0 saturated carbocycles. The van der Waals surface area contributed by atoms with Crippen LogP contribution in [0.1, 0.15) is 32.0 Å². The maximum Gasteiger partial charge on any atom is 0.270 e. The highest BCUT2D eigenvalue weighted by molar-refractivity contribution is 6.07. The molecule has 0 radical (unpaired) electrons. The SMILES string of the molecule is Cc1ccc2nc(C)cc(C(=O)NNC(=O)c3ccc([N+](=O)[O-])cc3)c2c1. The fourth-order valence-electron chi connectivity index (χ4n) is 2.65. The first-order valence-electron chi connectivity index (χ1n) is 8.08. The molecule has 0 aliphatic carbocycles. The van der Waals surface area contributed by atoms with E-state index in [-0.39, 0.29) is 11.3 Å². The molecule has 0 aliphatic heterocycles. The number of aryl methyl sites for hydroxylation is 2. The van der Waals surface area contributed by atoms with Crippen molar-refractivity contribution in [2.45, 2.75) is 13.8 Å². The van der Waals surface area contributed by atoms with Gasteiger partial charge in [0.1, 0.15) is 0 Å². The van der Waals surface area contributed by atoms with Gasteiger partial charge in [-0.1, -0.05) is 11.6 Å². The van der Waals surface area contributed by atoms with Crippen LogP contribution in [0.5, 0.6) is 0 Å². The molecule has 0 fully saturated rings. The number of fused-ring (bicyclic) bond motifs is 1. The first kappa shape index (κ1) is 18.0. The molecule has 1 aromatic heterocycles. The summed E-state index contributed by atoms with van der Waals surface area (Å²) < 4.78 is 0. The van der Waals surface area contributed by atoms with Gasteiger partial charge in [-0.25, -0.2) is 0 Å². The van der Waals surface area contributed by atoms with E-state index in [9.17, 15) is 19.7 Å². The molecule has 3 rings (SSSR count). The lowest BCUT2D eigenvalue weighted by molar-refractivity contribution is -0.384. The third kappa shape index (κ3) is 3.90. The Bertz CT molecular complexity index is 1060. The topological polar surface area (TPSA) is 114 Å². The van der Waals surface area contributed by atoms with Crippen LogP contribution in [-0.2, 0) is 0 Å². The highest BCUT2D eigenvalue weighted by Crippen LogP contribution is 2.20. The molecule has 0 bridgehead atoms. The van der Waals surface area contributed by atoms with Crippen molar-refractivity contribution < 1.29 is 14.5 Å². The maximum absolute atomic E-state index is 12.6. The van der Waals surface area contributed by atoms with Crippen LogP contribution in [0, 0.1) is 24.0 Å². The highest BCUT2D eigenvalue weighted by Gasteiger charge is 2.14. The van der Waals surface area contributed by atoms with Crippen LogP contribution in [0.25, 0.3) is 10.9 Å². The summed E-state index contributed by atoms with van der Waals surface area (Å²) in [5, 5.41) is 11.3. The van der Waals surface area contributed by atoms with Gasteiger partial charge in [-0.2, -0.15) is 0 Å². The van der Waals surface area contributed by atoms with E-state index in [0.717, 1.165) is 5.56 Å². The summed E-state index contributed by atoms with van der Waals surface area (Å²) in [4.78, 5) is 39.2. The largest absolute Gasteiger partial charge is 0.270 e. The average Bonchev–Trinajstić information content (AvgIpc) is 2.65. The van der Waals surface area contributed by atoms with Gasteiger partial charge in [0.2, 0.25) is 0 Å². The van der Waals surface area contributed by atoms with E-state index in [1.165, 1.54) is 24.3 Å². The van der Waals surface area contributed by atoms with Gasteiger partial charge >= 0.3 is 0 Å². The zero-order valence-electron chi connectivity index (χ0n) is 14.6. The summed E-state index contributed by atoms with van der Waals surface area (Å²) in [7, 11) is 0. The Balaban J connectivity index is 1.78. The minimum atomic E-state index is -0.579. The van der Waals surface area contributed by atoms with E-state index in [1.54, 1.807) is 13.0 Å². The lowest BCUT2D eigenvalue weighted by Gasteiger charge is -2.11. The third-order valence-corrected chi connectivity index (χ3v) is 3.97. The van der Waals surface area contributed by atoms with Gasteiger partial charge in [-0.05, 0) is 44.2 Å². The summed E-state index contributed by atoms with van der Waals surface area (Å²) in [6.07, 6.45) is 0. The molecule has 8 heteroatoms. The molecule has 2 amide bonds. The smallest absolute Gasteiger partial charge is 0.267 e. The van der Waals surface area contributed by atoms with Crippen LogP contribution in [-0.4, -0.2) is 21.7 Å². The molecule has 3 aromatic rings. The number of hydrogen-bond donors (Lipinski definition) is 2. The number of nitrogens with zero attached hydrogens (tertiary/aromatic N) is 2. The normalized spacial score (nSPS) is 10.4. The van der Waals surface area contributed by atoms with Crippen molar-refractivity contribution in [2.75, 3.05) is 0 Å². The predicted molar refractivity (Wildman–Crippen MR) is 99.2 cm³/mol. The first-order chi connectivity index (χ1) is 12.8. The van der Waals surface area contributed by atoms with Gasteiger partial charge in [-0.15, -0.1) is 0 Å². The molecule has 27 heavy (non-hydrogen) atoms. The number of nitro benzene ring substituents is 1. The summed E-state index contributed by atoms with van der Waals surface area (Å²) >= 11 is 0. The van der Waals surface area contributed by atoms with E-state index in [1.807, 2.05) is 25.1 Å². The maximum atomic E-state index is 12.6. The second-order valence-electron chi connectivity index (χ2n) is 6.04. The Morgan fingerprint density at radius 3 is 2.30 bits per heavy atom. The van der Waals surface area contributed by atoms with Gasteiger partial charge < -0.3 is 0 Å². The number of nitro groups is 1. The van der Waals surface area contributed by atoms with E-state index < -0.39 is 16.7 Å². The zero-order chi connectivity index (χ0) is 19.6.